The van der Waals surface area contributed by atoms with E-state index >= 15 is 0 Å². The second kappa shape index (κ2) is 26.2. The minimum absolute atomic E-state index is 0. The Balaban J connectivity index is -0.0000000438. The van der Waals surface area contributed by atoms with Crippen LogP contribution in [-0.4, -0.2) is 81.9 Å². The van der Waals surface area contributed by atoms with Crippen LogP contribution in [0.3, 0.4) is 0 Å². The normalized spacial score (nSPS) is 11.6. The summed E-state index contributed by atoms with van der Waals surface area (Å²) in [4.78, 5) is 92.8. The van der Waals surface area contributed by atoms with Crippen molar-refractivity contribution in [2.75, 3.05) is 0 Å². The molecule has 42 heavy (non-hydrogen) atoms. The molecule has 0 amide bonds. The minimum Gasteiger partial charge on any atom is -0.477 e. The van der Waals surface area contributed by atoms with Crippen LogP contribution in [-0.2, 0) is 76.9 Å². The second-order valence-electron chi connectivity index (χ2n) is 4.21. The molecule has 20 nitrogen and oxygen atoms in total. The molecule has 0 unspecified atom stereocenters. The SMILES string of the molecule is O=C(O)C(F)(F)C(F)(F)F.O=P(O)(O)F.O=P(O)(O)F.O=P(O)(O)F.O=P(O)(O)F.O=P(O)(O)F.O=P(O)(O)F.[Ag].[Ag]. The van der Waals surface area contributed by atoms with Crippen molar-refractivity contribution < 1.29 is 188 Å². The molecule has 0 aromatic rings. The molecule has 0 rings (SSSR count). The Bertz CT molecular complexity index is 766. The van der Waals surface area contributed by atoms with Gasteiger partial charge in [-0.25, -0.2) is 32.2 Å². The van der Waals surface area contributed by atoms with E-state index in [0.717, 1.165) is 0 Å². The molecule has 0 bridgehead atoms. The van der Waals surface area contributed by atoms with E-state index in [1.165, 1.54) is 0 Å². The van der Waals surface area contributed by atoms with Gasteiger partial charge in [-0.1, -0.05) is 0 Å². The number of hydrogen-bond acceptors (Lipinski definition) is 7. The van der Waals surface area contributed by atoms with Crippen LogP contribution >= 0.6 is 47.4 Å². The molecule has 0 aromatic heterocycles. The number of hydrogen-bond donors (Lipinski definition) is 13. The second-order valence-corrected chi connectivity index (χ2v) is 9.89. The van der Waals surface area contributed by atoms with Crippen molar-refractivity contribution in [3.8, 4) is 0 Å². The van der Waals surface area contributed by atoms with Crippen LogP contribution in [0.2, 0.25) is 0 Å². The number of carboxylic acid groups (broad SMARTS) is 1. The summed E-state index contributed by atoms with van der Waals surface area (Å²) in [5.41, 5.74) is 0. The largest absolute Gasteiger partial charge is 0.507 e. The van der Waals surface area contributed by atoms with Crippen molar-refractivity contribution >= 4 is 53.4 Å². The summed E-state index contributed by atoms with van der Waals surface area (Å²) in [6.07, 6.45) is -6.02. The third kappa shape index (κ3) is 255. The Kier molecular flexibility index (Phi) is 40.9. The van der Waals surface area contributed by atoms with Gasteiger partial charge in [0, 0.05) is 44.8 Å². The Hall–Kier alpha value is 1.08. The standard InChI is InChI=1S/C3HF5O2.2Ag.6FH2O3P/c4-2(5,1(9)10)3(6,7)8;;;6*1-5(2,3)4/h(H,9,10);;;6*(H2,2,3,4). The molecule has 274 valence electrons. The molecule has 0 saturated carbocycles. The fourth-order valence-corrected chi connectivity index (χ4v) is 0.121. The number of rotatable bonds is 1. The fourth-order valence-electron chi connectivity index (χ4n) is 0.121. The predicted octanol–water partition coefficient (Wildman–Crippen LogP) is 1.56. The van der Waals surface area contributed by atoms with Crippen LogP contribution in [0.1, 0.15) is 0 Å². The predicted molar refractivity (Wildman–Crippen MR) is 97.6 cm³/mol. The van der Waals surface area contributed by atoms with Gasteiger partial charge in [0.25, 0.3) is 0 Å². The molecule has 0 aromatic carbocycles. The van der Waals surface area contributed by atoms with Gasteiger partial charge in [-0.15, -0.1) is 25.2 Å². The van der Waals surface area contributed by atoms with Crippen LogP contribution in [0.15, 0.2) is 0 Å². The third-order valence-electron chi connectivity index (χ3n) is 0.625. The van der Waals surface area contributed by atoms with Crippen LogP contribution in [0.5, 0.6) is 0 Å². The van der Waals surface area contributed by atoms with E-state index in [0.29, 0.717) is 0 Å². The van der Waals surface area contributed by atoms with E-state index in [1.807, 2.05) is 0 Å². The number of halogens is 11. The van der Waals surface area contributed by atoms with E-state index in [-0.39, 0.29) is 44.8 Å². The number of alkyl halides is 5. The van der Waals surface area contributed by atoms with E-state index in [1.54, 1.807) is 0 Å². The first-order valence-corrected chi connectivity index (χ1v) is 15.4. The first-order chi connectivity index (χ1) is 16.2. The van der Waals surface area contributed by atoms with Gasteiger partial charge in [-0.2, -0.15) is 22.0 Å². The molecule has 13 N–H and O–H groups in total. The number of carbonyl (C=O) groups is 1. The number of carboxylic acids is 1. The summed E-state index contributed by atoms with van der Waals surface area (Å²) in [6, 6.07) is 0. The van der Waals surface area contributed by atoms with Crippen molar-refractivity contribution in [2.24, 2.45) is 0 Å². The average molecular weight is 980 g/mol. The van der Waals surface area contributed by atoms with Gasteiger partial charge in [0.1, 0.15) is 0 Å². The fraction of sp³-hybridized carbons (Fsp3) is 0.667. The van der Waals surface area contributed by atoms with Gasteiger partial charge < -0.3 is 5.11 Å². The summed E-state index contributed by atoms with van der Waals surface area (Å²) in [6.45, 7) is 0. The van der Waals surface area contributed by atoms with Crippen molar-refractivity contribution in [1.82, 2.24) is 0 Å². The maximum absolute atomic E-state index is 11.3. The summed E-state index contributed by atoms with van der Waals surface area (Å²) < 4.78 is 170. The zero-order valence-corrected chi connectivity index (χ0v) is 25.9. The monoisotopic (exact) mass is 978 g/mol. The average Bonchev–Trinajstić information content (AvgIpc) is 2.33. The van der Waals surface area contributed by atoms with Crippen LogP contribution in [0, 0.1) is 0 Å². The molecule has 0 aliphatic carbocycles. The van der Waals surface area contributed by atoms with Gasteiger partial charge in [-0.3, -0.25) is 58.7 Å². The van der Waals surface area contributed by atoms with Crippen molar-refractivity contribution in [3.05, 3.63) is 0 Å². The van der Waals surface area contributed by atoms with Gasteiger partial charge in [0.05, 0.1) is 0 Å². The molecule has 0 saturated heterocycles. The molecule has 0 aliphatic rings. The van der Waals surface area contributed by atoms with Crippen molar-refractivity contribution in [2.45, 2.75) is 12.1 Å². The van der Waals surface area contributed by atoms with Crippen LogP contribution in [0.25, 0.3) is 0 Å². The minimum atomic E-state index is -6.02. The zero-order chi connectivity index (χ0) is 35.6. The molecule has 0 aliphatic heterocycles. The molecular formula is C3H13Ag2F11O20P6. The Morgan fingerprint density at radius 3 is 0.476 bits per heavy atom. The quantitative estimate of drug-likeness (QED) is 0.101. The molecule has 0 fully saturated rings. The Labute approximate surface area is 253 Å². The molecular weight excluding hydrogens is 967 g/mol. The topological polar surface area (TPSA) is 382 Å². The molecule has 39 heteroatoms. The van der Waals surface area contributed by atoms with E-state index in [2.05, 4.69) is 0 Å². The molecule has 0 atom stereocenters. The van der Waals surface area contributed by atoms with E-state index in [9.17, 15) is 51.9 Å². The Morgan fingerprint density at radius 1 is 0.405 bits per heavy atom. The molecule has 2 radical (unpaired) electrons. The zero-order valence-electron chi connectivity index (χ0n) is 17.6. The summed E-state index contributed by atoms with van der Waals surface area (Å²) in [5, 5.41) is 7.31. The van der Waals surface area contributed by atoms with Crippen LogP contribution < -0.4 is 0 Å². The summed E-state index contributed by atoms with van der Waals surface area (Å²) >= 11 is 0. The summed E-state index contributed by atoms with van der Waals surface area (Å²) in [5.74, 6) is -8.84. The first kappa shape index (κ1) is 65.7. The van der Waals surface area contributed by atoms with Crippen LogP contribution in [0.4, 0.5) is 47.1 Å². The van der Waals surface area contributed by atoms with Gasteiger partial charge in [-0.05, 0) is 0 Å². The van der Waals surface area contributed by atoms with Crippen molar-refractivity contribution in [3.63, 3.8) is 0 Å². The van der Waals surface area contributed by atoms with E-state index in [4.69, 9.17) is 91.2 Å². The molecule has 0 spiro atoms. The summed E-state index contributed by atoms with van der Waals surface area (Å²) in [7, 11) is -30.8. The number of aliphatic carboxylic acids is 1. The maximum atomic E-state index is 11.3. The van der Waals surface area contributed by atoms with Crippen molar-refractivity contribution in [1.29, 1.82) is 0 Å². The smallest absolute Gasteiger partial charge is 0.477 e. The third-order valence-corrected chi connectivity index (χ3v) is 0.625. The Morgan fingerprint density at radius 2 is 0.476 bits per heavy atom. The van der Waals surface area contributed by atoms with Gasteiger partial charge in [0.2, 0.25) is 0 Å². The van der Waals surface area contributed by atoms with Gasteiger partial charge in [0.15, 0.2) is 0 Å². The van der Waals surface area contributed by atoms with Gasteiger partial charge >= 0.3 is 65.5 Å². The molecule has 0 heterocycles. The first-order valence-electron chi connectivity index (χ1n) is 6.38. The van der Waals surface area contributed by atoms with E-state index < -0.39 is 65.5 Å². The maximum Gasteiger partial charge on any atom is 0.507 e.